The van der Waals surface area contributed by atoms with Crippen molar-refractivity contribution in [3.05, 3.63) is 141 Å². The second kappa shape index (κ2) is 17.2. The molecule has 0 radical (unpaired) electrons. The molecule has 4 aromatic carbocycles. The van der Waals surface area contributed by atoms with Gasteiger partial charge in [-0.1, -0.05) is 17.7 Å². The number of nitrogens with zero attached hydrogens (tertiary/aromatic N) is 3. The summed E-state index contributed by atoms with van der Waals surface area (Å²) in [6.07, 6.45) is 0.409. The number of nitrogens with one attached hydrogen (secondary N) is 2. The van der Waals surface area contributed by atoms with E-state index in [1.807, 2.05) is 74.1 Å². The molecule has 306 valence electrons. The summed E-state index contributed by atoms with van der Waals surface area (Å²) in [5, 5.41) is 28.8. The minimum absolute atomic E-state index is 0.00772. The van der Waals surface area contributed by atoms with Crippen LogP contribution in [0.3, 0.4) is 0 Å². The van der Waals surface area contributed by atoms with Gasteiger partial charge in [-0.2, -0.15) is 0 Å². The van der Waals surface area contributed by atoms with Gasteiger partial charge < -0.3 is 30.2 Å². The molecule has 0 fully saturated rings. The predicted octanol–water partition coefficient (Wildman–Crippen LogP) is 6.58. The number of anilines is 1. The van der Waals surface area contributed by atoms with E-state index in [2.05, 4.69) is 10.6 Å². The van der Waals surface area contributed by atoms with Crippen LogP contribution in [0.5, 0.6) is 0 Å². The lowest BCUT2D eigenvalue weighted by Crippen LogP contribution is -2.30. The monoisotopic (exact) mass is 826 g/mol. The molecule has 0 spiro atoms. The molecule has 2 heterocycles. The van der Waals surface area contributed by atoms with Crippen LogP contribution in [-0.2, 0) is 17.8 Å². The van der Waals surface area contributed by atoms with E-state index >= 15 is 0 Å². The van der Waals surface area contributed by atoms with E-state index in [0.717, 1.165) is 11.0 Å². The highest BCUT2D eigenvalue weighted by atomic mass is 35.5. The second-order valence-electron chi connectivity index (χ2n) is 15.0. The van der Waals surface area contributed by atoms with Gasteiger partial charge in [-0.3, -0.25) is 19.0 Å². The molecule has 5 aromatic rings. The van der Waals surface area contributed by atoms with Crippen LogP contribution in [0.4, 0.5) is 5.69 Å². The molecule has 0 saturated carbocycles. The first-order chi connectivity index (χ1) is 28.7. The van der Waals surface area contributed by atoms with Crippen molar-refractivity contribution in [2.75, 3.05) is 46.2 Å². The smallest absolute Gasteiger partial charge is 0.336 e. The Labute approximate surface area is 351 Å². The maximum atomic E-state index is 13.7. The molecule has 1 aliphatic carbocycles. The molecule has 60 heavy (non-hydrogen) atoms. The summed E-state index contributed by atoms with van der Waals surface area (Å²) in [6.45, 7) is 2.10. The minimum Gasteiger partial charge on any atom is -0.478 e. The normalized spacial score (nSPS) is 11.2. The van der Waals surface area contributed by atoms with Gasteiger partial charge in [0.25, 0.3) is 11.8 Å². The van der Waals surface area contributed by atoms with Gasteiger partial charge in [0.2, 0.25) is 11.3 Å². The molecule has 13 heteroatoms. The highest BCUT2D eigenvalue weighted by Gasteiger charge is 2.25. The Morgan fingerprint density at radius 3 is 2.25 bits per heavy atom. The Morgan fingerprint density at radius 1 is 0.817 bits per heavy atom. The zero-order chi connectivity index (χ0) is 42.8. The molecular formula is C47H45ClN5O7+. The molecule has 1 aliphatic heterocycles. The molecule has 7 rings (SSSR count). The van der Waals surface area contributed by atoms with Gasteiger partial charge >= 0.3 is 5.97 Å². The maximum Gasteiger partial charge on any atom is 0.336 e. The third-order valence-electron chi connectivity index (χ3n) is 10.7. The molecule has 0 atom stereocenters. The number of aliphatic hydroxyl groups is 1. The number of carboxylic acid groups (broad SMARTS) is 1. The van der Waals surface area contributed by atoms with Crippen molar-refractivity contribution in [3.63, 3.8) is 0 Å². The summed E-state index contributed by atoms with van der Waals surface area (Å²) in [6, 6.07) is 28.0. The number of carbonyl (C=O) groups excluding carboxylic acids is 3. The molecule has 2 aliphatic rings. The third-order valence-corrected chi connectivity index (χ3v) is 10.9. The SMILES string of the molecule is Cc1c(CC(=O)NCCCNC(=O)c2ccc(C(=O)O)c(-c3c4ccc(=[N+](C)C)cc-4oc4cc(N(C)C)ccc34)c2)c2cc(CO)ccc2n1C(=O)c1ccc(Cl)cc1. The van der Waals surface area contributed by atoms with Crippen LogP contribution < -0.4 is 25.5 Å². The first-order valence-electron chi connectivity index (χ1n) is 19.4. The average Bonchev–Trinajstić information content (AvgIpc) is 3.50. The number of rotatable bonds is 12. The summed E-state index contributed by atoms with van der Waals surface area (Å²) >= 11 is 6.05. The van der Waals surface area contributed by atoms with Crippen molar-refractivity contribution in [1.29, 1.82) is 0 Å². The van der Waals surface area contributed by atoms with Crippen molar-refractivity contribution >= 4 is 62.9 Å². The number of aromatic carboxylic acids is 1. The van der Waals surface area contributed by atoms with Gasteiger partial charge in [0.1, 0.15) is 25.4 Å². The summed E-state index contributed by atoms with van der Waals surface area (Å²) in [4.78, 5) is 55.1. The Hall–Kier alpha value is -6.76. The number of benzene rings is 5. The predicted molar refractivity (Wildman–Crippen MR) is 234 cm³/mol. The highest BCUT2D eigenvalue weighted by molar-refractivity contribution is 6.30. The van der Waals surface area contributed by atoms with Crippen LogP contribution in [0.2, 0.25) is 5.02 Å². The molecular weight excluding hydrogens is 782 g/mol. The number of carboxylic acids is 1. The quantitative estimate of drug-likeness (QED) is 0.0612. The highest BCUT2D eigenvalue weighted by Crippen LogP contribution is 2.42. The zero-order valence-electron chi connectivity index (χ0n) is 33.9. The Kier molecular flexibility index (Phi) is 11.9. The molecule has 1 aromatic heterocycles. The van der Waals surface area contributed by atoms with Gasteiger partial charge in [-0.25, -0.2) is 9.37 Å². The minimum atomic E-state index is -1.13. The number of hydrogen-bond donors (Lipinski definition) is 4. The van der Waals surface area contributed by atoms with Crippen LogP contribution in [0.15, 0.2) is 101 Å². The summed E-state index contributed by atoms with van der Waals surface area (Å²) in [7, 11) is 7.71. The average molecular weight is 827 g/mol. The number of hydrogen-bond acceptors (Lipinski definition) is 7. The maximum absolute atomic E-state index is 13.7. The molecule has 12 nitrogen and oxygen atoms in total. The number of fused-ring (bicyclic) bond motifs is 3. The van der Waals surface area contributed by atoms with Crippen LogP contribution in [0.1, 0.15) is 54.3 Å². The van der Waals surface area contributed by atoms with Crippen LogP contribution in [0.25, 0.3) is 44.3 Å². The van der Waals surface area contributed by atoms with E-state index in [9.17, 15) is 29.4 Å². The molecule has 0 saturated heterocycles. The molecule has 2 amide bonds. The molecule has 4 N–H and O–H groups in total. The van der Waals surface area contributed by atoms with Gasteiger partial charge in [0, 0.05) is 88.7 Å². The fourth-order valence-electron chi connectivity index (χ4n) is 7.47. The lowest BCUT2D eigenvalue weighted by molar-refractivity contribution is -0.120. The van der Waals surface area contributed by atoms with Crippen molar-refractivity contribution in [1.82, 2.24) is 19.8 Å². The van der Waals surface area contributed by atoms with Gasteiger partial charge in [-0.05, 0) is 103 Å². The Bertz CT molecular complexity index is 2870. The van der Waals surface area contributed by atoms with E-state index in [0.29, 0.717) is 78.2 Å². The molecule has 0 bridgehead atoms. The van der Waals surface area contributed by atoms with Crippen molar-refractivity contribution in [2.24, 2.45) is 0 Å². The number of aliphatic hydroxyl groups excluding tert-OH is 1. The van der Waals surface area contributed by atoms with Crippen LogP contribution in [-0.4, -0.2) is 79.8 Å². The van der Waals surface area contributed by atoms with Gasteiger partial charge in [0.15, 0.2) is 0 Å². The Balaban J connectivity index is 1.08. The van der Waals surface area contributed by atoms with E-state index in [-0.39, 0.29) is 49.1 Å². The zero-order valence-corrected chi connectivity index (χ0v) is 34.7. The van der Waals surface area contributed by atoms with E-state index in [1.54, 1.807) is 60.0 Å². The lowest BCUT2D eigenvalue weighted by atomic mass is 9.89. The largest absolute Gasteiger partial charge is 0.478 e. The topological polar surface area (TPSA) is 157 Å². The number of aromatic nitrogens is 1. The van der Waals surface area contributed by atoms with Crippen molar-refractivity contribution in [3.8, 4) is 22.5 Å². The standard InChI is InChI=1S/C47H44ClN5O7/c1-27-37(38-21-28(26-54)7-18-40(38)53(27)46(57)29-8-11-31(48)12-9-29)25-43(55)49-19-6-20-50-45(56)30-10-15-34(47(58)59)39(22-30)44-35-16-13-32(51(2)3)23-41(35)60-42-24-33(52(4)5)14-17-36(42)44/h7-18,21-24,54H,6,19-20,25-26H2,1-5H3,(H2-,49,50,55,56,58,59)/p+1. The number of carbonyl (C=O) groups is 4. The fraction of sp³-hybridized carbons (Fsp3) is 0.213. The van der Waals surface area contributed by atoms with Crippen LogP contribution in [0, 0.1) is 6.92 Å². The van der Waals surface area contributed by atoms with Crippen LogP contribution >= 0.6 is 11.6 Å². The summed E-state index contributed by atoms with van der Waals surface area (Å²) < 4.78 is 9.95. The van der Waals surface area contributed by atoms with E-state index < -0.39 is 11.9 Å². The first kappa shape index (κ1) is 41.4. The first-order valence-corrected chi connectivity index (χ1v) is 19.8. The van der Waals surface area contributed by atoms with Crippen molar-refractivity contribution in [2.45, 2.75) is 26.4 Å². The Morgan fingerprint density at radius 2 is 1.55 bits per heavy atom. The number of halogens is 1. The van der Waals surface area contributed by atoms with Gasteiger partial charge in [0.05, 0.1) is 30.2 Å². The number of amides is 2. The molecule has 0 unspecified atom stereocenters. The summed E-state index contributed by atoms with van der Waals surface area (Å²) in [5.41, 5.74) is 6.48. The fourth-order valence-corrected chi connectivity index (χ4v) is 7.60. The third kappa shape index (κ3) is 8.25. The summed E-state index contributed by atoms with van der Waals surface area (Å²) in [5.74, 6) is -1.50. The van der Waals surface area contributed by atoms with Crippen molar-refractivity contribution < 1.29 is 33.8 Å². The second-order valence-corrected chi connectivity index (χ2v) is 15.5. The van der Waals surface area contributed by atoms with Gasteiger partial charge in [-0.15, -0.1) is 0 Å². The van der Waals surface area contributed by atoms with E-state index in [1.165, 1.54) is 12.1 Å². The van der Waals surface area contributed by atoms with E-state index in [4.69, 9.17) is 16.0 Å². The lowest BCUT2D eigenvalue weighted by Gasteiger charge is -2.19.